The molecule has 1 aromatic heterocycles. The maximum atomic E-state index is 6.30. The smallest absolute Gasteiger partial charge is 0.232 e. The van der Waals surface area contributed by atoms with Crippen LogP contribution in [0.15, 0.2) is 72.3 Å². The Morgan fingerprint density at radius 1 is 1.04 bits per heavy atom. The molecule has 3 aromatic rings. The lowest BCUT2D eigenvalue weighted by atomic mass is 9.98. The zero-order chi connectivity index (χ0) is 18.6. The van der Waals surface area contributed by atoms with Crippen LogP contribution in [0.1, 0.15) is 11.1 Å². The van der Waals surface area contributed by atoms with Gasteiger partial charge >= 0.3 is 0 Å². The highest BCUT2D eigenvalue weighted by molar-refractivity contribution is 8.04. The summed E-state index contributed by atoms with van der Waals surface area (Å²) in [6, 6.07) is 20.7. The molecule has 2 aromatic carbocycles. The molecule has 3 nitrogen and oxygen atoms in total. The van der Waals surface area contributed by atoms with E-state index in [0.717, 1.165) is 23.2 Å². The molecule has 0 saturated carbocycles. The van der Waals surface area contributed by atoms with Gasteiger partial charge in [0.2, 0.25) is 5.88 Å². The van der Waals surface area contributed by atoms with Crippen LogP contribution in [0.4, 0.5) is 0 Å². The van der Waals surface area contributed by atoms with Crippen LogP contribution in [0, 0.1) is 5.88 Å². The largest absolute Gasteiger partial charge is 0.480 e. The van der Waals surface area contributed by atoms with Gasteiger partial charge in [-0.2, -0.15) is 0 Å². The fourth-order valence-corrected chi connectivity index (χ4v) is 4.13. The average Bonchev–Trinajstić information content (AvgIpc) is 3.16. The van der Waals surface area contributed by atoms with Crippen LogP contribution in [-0.2, 0) is 6.54 Å². The molecule has 1 aliphatic rings. The van der Waals surface area contributed by atoms with E-state index in [1.54, 1.807) is 25.1 Å². The Hall–Kier alpha value is -2.43. The molecule has 1 aliphatic heterocycles. The van der Waals surface area contributed by atoms with Crippen molar-refractivity contribution in [2.24, 2.45) is 0 Å². The molecule has 0 N–H and O–H groups in total. The minimum absolute atomic E-state index is 0.438. The molecule has 4 rings (SSSR count). The molecule has 0 bridgehead atoms. The Morgan fingerprint density at radius 3 is 2.52 bits per heavy atom. The first kappa shape index (κ1) is 18.0. The molecule has 135 valence electrons. The third-order valence-corrected chi connectivity index (χ3v) is 5.39. The molecule has 0 aliphatic carbocycles. The molecule has 0 spiro atoms. The zero-order valence-electron chi connectivity index (χ0n) is 14.8. The highest BCUT2D eigenvalue weighted by atomic mass is 35.5. The first-order valence-corrected chi connectivity index (χ1v) is 9.87. The Bertz CT molecular complexity index is 975. The minimum atomic E-state index is 0.438. The van der Waals surface area contributed by atoms with Crippen molar-refractivity contribution >= 4 is 29.1 Å². The van der Waals surface area contributed by atoms with Gasteiger partial charge in [0.15, 0.2) is 0 Å². The van der Waals surface area contributed by atoms with E-state index >= 15 is 0 Å². The summed E-state index contributed by atoms with van der Waals surface area (Å²) >= 11 is 8.00. The normalized spacial score (nSPS) is 13.6. The lowest BCUT2D eigenvalue weighted by molar-refractivity contribution is 0.398. The summed E-state index contributed by atoms with van der Waals surface area (Å²) in [4.78, 5) is 6.60. The Balaban J connectivity index is 1.69. The number of benzene rings is 2. The van der Waals surface area contributed by atoms with E-state index in [-0.39, 0.29) is 0 Å². The molecular weight excluding hydrogens is 376 g/mol. The van der Waals surface area contributed by atoms with Crippen LogP contribution in [0.3, 0.4) is 0 Å². The number of hydrogen-bond donors (Lipinski definition) is 0. The van der Waals surface area contributed by atoms with Gasteiger partial charge in [-0.1, -0.05) is 66.2 Å². The van der Waals surface area contributed by atoms with Crippen molar-refractivity contribution in [2.75, 3.05) is 7.11 Å². The maximum absolute atomic E-state index is 6.30. The topological polar surface area (TPSA) is 25.4 Å². The van der Waals surface area contributed by atoms with Gasteiger partial charge in [-0.15, -0.1) is 11.8 Å². The van der Waals surface area contributed by atoms with E-state index in [1.165, 1.54) is 11.3 Å². The van der Waals surface area contributed by atoms with Crippen molar-refractivity contribution in [1.29, 1.82) is 0 Å². The summed E-state index contributed by atoms with van der Waals surface area (Å²) in [6.45, 7) is 0.829. The molecule has 1 radical (unpaired) electrons. The number of pyridine rings is 1. The number of aromatic nitrogens is 1. The highest BCUT2D eigenvalue weighted by Crippen LogP contribution is 2.40. The molecule has 0 atom stereocenters. The fourth-order valence-electron chi connectivity index (χ4n) is 3.09. The second-order valence-corrected chi connectivity index (χ2v) is 7.24. The summed E-state index contributed by atoms with van der Waals surface area (Å²) < 4.78 is 5.18. The summed E-state index contributed by atoms with van der Waals surface area (Å²) in [6.07, 6.45) is 1.80. The number of rotatable bonds is 5. The van der Waals surface area contributed by atoms with Crippen molar-refractivity contribution in [3.8, 4) is 17.0 Å². The standard InChI is InChI=1S/C22H18ClN2OS/c1-26-22-20(23)11-17(12-24-22)18-9-5-6-10-19(18)21-14-27-15-25(21)13-16-7-3-2-4-8-16/h2-12,14-15H,13H2,1H3. The molecule has 0 saturated heterocycles. The number of methoxy groups -OCH3 is 1. The van der Waals surface area contributed by atoms with Crippen LogP contribution in [0.5, 0.6) is 5.88 Å². The number of nitrogens with zero attached hydrogens (tertiary/aromatic N) is 2. The van der Waals surface area contributed by atoms with Crippen molar-refractivity contribution < 1.29 is 4.74 Å². The molecule has 27 heavy (non-hydrogen) atoms. The van der Waals surface area contributed by atoms with Crippen molar-refractivity contribution in [2.45, 2.75) is 6.54 Å². The van der Waals surface area contributed by atoms with Gasteiger partial charge < -0.3 is 9.64 Å². The monoisotopic (exact) mass is 393 g/mol. The van der Waals surface area contributed by atoms with E-state index in [0.29, 0.717) is 10.9 Å². The lowest BCUT2D eigenvalue weighted by Crippen LogP contribution is -2.14. The van der Waals surface area contributed by atoms with Gasteiger partial charge in [-0.25, -0.2) is 4.98 Å². The predicted molar refractivity (Wildman–Crippen MR) is 113 cm³/mol. The van der Waals surface area contributed by atoms with Crippen LogP contribution >= 0.6 is 23.4 Å². The van der Waals surface area contributed by atoms with Crippen molar-refractivity contribution in [3.63, 3.8) is 0 Å². The van der Waals surface area contributed by atoms with Gasteiger partial charge in [0.25, 0.3) is 0 Å². The number of hydrogen-bond acceptors (Lipinski definition) is 4. The van der Waals surface area contributed by atoms with Gasteiger partial charge in [-0.3, -0.25) is 0 Å². The first-order valence-electron chi connectivity index (χ1n) is 8.55. The minimum Gasteiger partial charge on any atom is -0.480 e. The second-order valence-electron chi connectivity index (χ2n) is 6.12. The maximum Gasteiger partial charge on any atom is 0.232 e. The molecular formula is C22H18ClN2OS. The van der Waals surface area contributed by atoms with Gasteiger partial charge in [0, 0.05) is 23.9 Å². The van der Waals surface area contributed by atoms with Crippen LogP contribution in [0.2, 0.25) is 5.02 Å². The summed E-state index contributed by atoms with van der Waals surface area (Å²) in [7, 11) is 1.57. The SMILES string of the molecule is COc1ncc(-c2ccccc2C2=CS[CH]N2Cc2ccccc2)cc1Cl. The van der Waals surface area contributed by atoms with Crippen LogP contribution < -0.4 is 4.74 Å². The van der Waals surface area contributed by atoms with Gasteiger partial charge in [0.05, 0.1) is 12.8 Å². The van der Waals surface area contributed by atoms with E-state index < -0.39 is 0 Å². The van der Waals surface area contributed by atoms with E-state index in [4.69, 9.17) is 16.3 Å². The van der Waals surface area contributed by atoms with E-state index in [2.05, 4.69) is 63.6 Å². The third kappa shape index (κ3) is 3.82. The van der Waals surface area contributed by atoms with Crippen LogP contribution in [0.25, 0.3) is 16.8 Å². The number of halogens is 1. The van der Waals surface area contributed by atoms with E-state index in [9.17, 15) is 0 Å². The van der Waals surface area contributed by atoms with E-state index in [1.807, 2.05) is 18.2 Å². The summed E-state index contributed by atoms with van der Waals surface area (Å²) in [5.74, 6) is 2.59. The predicted octanol–water partition coefficient (Wildman–Crippen LogP) is 6.08. The Morgan fingerprint density at radius 2 is 1.78 bits per heavy atom. The van der Waals surface area contributed by atoms with Crippen LogP contribution in [-0.4, -0.2) is 17.0 Å². The molecule has 0 unspecified atom stereocenters. The quantitative estimate of drug-likeness (QED) is 0.524. The Labute approximate surface area is 168 Å². The summed E-state index contributed by atoms with van der Waals surface area (Å²) in [5, 5.41) is 2.69. The fraction of sp³-hybridized carbons (Fsp3) is 0.0909. The third-order valence-electron chi connectivity index (χ3n) is 4.39. The number of thioether (sulfide) groups is 1. The number of ether oxygens (including phenoxy) is 1. The second kappa shape index (κ2) is 8.07. The first-order chi connectivity index (χ1) is 13.3. The zero-order valence-corrected chi connectivity index (χ0v) is 16.4. The summed E-state index contributed by atoms with van der Waals surface area (Å²) in [5.41, 5.74) is 5.65. The molecule has 2 heterocycles. The lowest BCUT2D eigenvalue weighted by Gasteiger charge is -2.23. The Kier molecular flexibility index (Phi) is 5.37. The van der Waals surface area contributed by atoms with Gasteiger partial charge in [0.1, 0.15) is 10.9 Å². The molecule has 0 amide bonds. The van der Waals surface area contributed by atoms with Crippen molar-refractivity contribution in [3.05, 3.63) is 94.3 Å². The van der Waals surface area contributed by atoms with Crippen molar-refractivity contribution in [1.82, 2.24) is 9.88 Å². The average molecular weight is 394 g/mol. The highest BCUT2D eigenvalue weighted by Gasteiger charge is 2.21. The molecule has 0 fully saturated rings. The van der Waals surface area contributed by atoms with Gasteiger partial charge in [-0.05, 0) is 22.6 Å². The molecule has 5 heteroatoms.